The highest BCUT2D eigenvalue weighted by atomic mass is 35.5. The third-order valence-electron chi connectivity index (χ3n) is 5.07. The molecule has 2 aliphatic heterocycles. The molecule has 4 nitrogen and oxygen atoms in total. The van der Waals surface area contributed by atoms with Gasteiger partial charge in [-0.3, -0.25) is 9.59 Å². The van der Waals surface area contributed by atoms with E-state index in [4.69, 9.17) is 23.2 Å². The summed E-state index contributed by atoms with van der Waals surface area (Å²) in [6.07, 6.45) is 2.11. The van der Waals surface area contributed by atoms with E-state index in [1.165, 1.54) is 5.56 Å². The number of carbonyl (C=O) groups is 2. The van der Waals surface area contributed by atoms with Crippen LogP contribution in [0.4, 0.5) is 11.4 Å². The Labute approximate surface area is 162 Å². The van der Waals surface area contributed by atoms with Gasteiger partial charge in [0.25, 0.3) is 0 Å². The monoisotopic (exact) mass is 388 g/mol. The van der Waals surface area contributed by atoms with Gasteiger partial charge in [-0.1, -0.05) is 47.5 Å². The van der Waals surface area contributed by atoms with E-state index in [1.54, 1.807) is 23.1 Å². The van der Waals surface area contributed by atoms with Crippen molar-refractivity contribution in [2.24, 2.45) is 5.92 Å². The summed E-state index contributed by atoms with van der Waals surface area (Å²) in [6, 6.07) is 13.2. The summed E-state index contributed by atoms with van der Waals surface area (Å²) in [6.45, 7) is 1.02. The Balaban J connectivity index is 1.58. The van der Waals surface area contributed by atoms with E-state index < -0.39 is 0 Å². The number of benzene rings is 2. The normalized spacial score (nSPS) is 19.6. The molecular weight excluding hydrogens is 371 g/mol. The smallest absolute Gasteiger partial charge is 0.232 e. The summed E-state index contributed by atoms with van der Waals surface area (Å²) in [5, 5.41) is 0.746. The van der Waals surface area contributed by atoms with Gasteiger partial charge in [0.1, 0.15) is 0 Å². The molecule has 0 N–H and O–H groups in total. The molecule has 2 heterocycles. The molecule has 0 bridgehead atoms. The number of halogens is 2. The number of rotatable bonds is 2. The van der Waals surface area contributed by atoms with Crippen molar-refractivity contribution in [3.05, 3.63) is 58.1 Å². The Kier molecular flexibility index (Phi) is 4.63. The Morgan fingerprint density at radius 1 is 1.04 bits per heavy atom. The lowest BCUT2D eigenvalue weighted by atomic mass is 9.99. The maximum atomic E-state index is 13.1. The number of anilines is 2. The van der Waals surface area contributed by atoms with Gasteiger partial charge >= 0.3 is 0 Å². The minimum absolute atomic E-state index is 0.00569. The van der Waals surface area contributed by atoms with Crippen LogP contribution in [0.5, 0.6) is 0 Å². The molecule has 1 saturated heterocycles. The molecular formula is C20H18Cl2N2O2. The average Bonchev–Trinajstić information content (AvgIpc) is 3.04. The van der Waals surface area contributed by atoms with Crippen molar-refractivity contribution in [3.8, 4) is 0 Å². The second-order valence-corrected chi connectivity index (χ2v) is 7.49. The van der Waals surface area contributed by atoms with Gasteiger partial charge in [-0.2, -0.15) is 0 Å². The highest BCUT2D eigenvalue weighted by Gasteiger charge is 2.39. The minimum Gasteiger partial charge on any atom is -0.312 e. The highest BCUT2D eigenvalue weighted by molar-refractivity contribution is 6.44. The van der Waals surface area contributed by atoms with Crippen molar-refractivity contribution in [3.63, 3.8) is 0 Å². The maximum Gasteiger partial charge on any atom is 0.232 e. The molecule has 6 heteroatoms. The largest absolute Gasteiger partial charge is 0.312 e. The number of aryl methyl sites for hydroxylation is 1. The molecule has 2 aromatic carbocycles. The lowest BCUT2D eigenvalue weighted by Gasteiger charge is -2.31. The molecule has 2 aromatic rings. The van der Waals surface area contributed by atoms with Crippen molar-refractivity contribution in [1.29, 1.82) is 0 Å². The molecule has 4 rings (SSSR count). The molecule has 1 fully saturated rings. The second-order valence-electron chi connectivity index (χ2n) is 6.70. The van der Waals surface area contributed by atoms with Gasteiger partial charge in [0, 0.05) is 25.2 Å². The van der Waals surface area contributed by atoms with Crippen LogP contribution in [0.25, 0.3) is 0 Å². The highest BCUT2D eigenvalue weighted by Crippen LogP contribution is 2.37. The molecule has 0 radical (unpaired) electrons. The van der Waals surface area contributed by atoms with Crippen LogP contribution in [0.15, 0.2) is 42.5 Å². The fourth-order valence-electron chi connectivity index (χ4n) is 3.79. The molecule has 0 aromatic heterocycles. The van der Waals surface area contributed by atoms with Crippen LogP contribution in [0, 0.1) is 5.92 Å². The first kappa shape index (κ1) is 17.4. The standard InChI is InChI=1S/C20H18Cl2N2O2/c21-15-7-3-9-17(19(15)22)24-12-14(11-18(24)25)20(26)23-10-4-6-13-5-1-2-8-16(13)23/h1-3,5,7-9,14H,4,6,10-12H2. The first-order valence-electron chi connectivity index (χ1n) is 8.70. The van der Waals surface area contributed by atoms with Gasteiger partial charge in [0.05, 0.1) is 21.7 Å². The zero-order valence-corrected chi connectivity index (χ0v) is 15.6. The zero-order chi connectivity index (χ0) is 18.3. The van der Waals surface area contributed by atoms with Crippen molar-refractivity contribution in [2.75, 3.05) is 22.9 Å². The maximum absolute atomic E-state index is 13.1. The summed E-state index contributed by atoms with van der Waals surface area (Å²) in [5.41, 5.74) is 2.72. The SMILES string of the molecule is O=C(C1CC(=O)N(c2cccc(Cl)c2Cl)C1)N1CCCc2ccccc21. The molecule has 2 amide bonds. The number of carbonyl (C=O) groups excluding carboxylic acids is 2. The molecule has 1 atom stereocenters. The van der Waals surface area contributed by atoms with E-state index in [9.17, 15) is 9.59 Å². The van der Waals surface area contributed by atoms with Crippen molar-refractivity contribution in [2.45, 2.75) is 19.3 Å². The number of para-hydroxylation sites is 1. The zero-order valence-electron chi connectivity index (χ0n) is 14.1. The van der Waals surface area contributed by atoms with Crippen LogP contribution < -0.4 is 9.80 Å². The van der Waals surface area contributed by atoms with Crippen LogP contribution in [0.1, 0.15) is 18.4 Å². The second kappa shape index (κ2) is 6.93. The lowest BCUT2D eigenvalue weighted by Crippen LogP contribution is -2.40. The molecule has 0 aliphatic carbocycles. The first-order valence-corrected chi connectivity index (χ1v) is 9.45. The Hall–Kier alpha value is -2.04. The van der Waals surface area contributed by atoms with Gasteiger partial charge in [-0.25, -0.2) is 0 Å². The predicted octanol–water partition coefficient (Wildman–Crippen LogP) is 4.33. The number of fused-ring (bicyclic) bond motifs is 1. The van der Waals surface area contributed by atoms with Crippen molar-refractivity contribution in [1.82, 2.24) is 0 Å². The molecule has 134 valence electrons. The van der Waals surface area contributed by atoms with Gasteiger partial charge in [0.15, 0.2) is 0 Å². The van der Waals surface area contributed by atoms with Crippen LogP contribution in [0.3, 0.4) is 0 Å². The number of amides is 2. The third-order valence-corrected chi connectivity index (χ3v) is 5.88. The van der Waals surface area contributed by atoms with E-state index >= 15 is 0 Å². The molecule has 1 unspecified atom stereocenters. The van der Waals surface area contributed by atoms with E-state index in [-0.39, 0.29) is 24.2 Å². The van der Waals surface area contributed by atoms with Crippen molar-refractivity contribution < 1.29 is 9.59 Å². The number of nitrogens with zero attached hydrogens (tertiary/aromatic N) is 2. The van der Waals surface area contributed by atoms with Crippen LogP contribution in [-0.4, -0.2) is 24.9 Å². The van der Waals surface area contributed by atoms with E-state index in [2.05, 4.69) is 6.07 Å². The quantitative estimate of drug-likeness (QED) is 0.768. The number of hydrogen-bond donors (Lipinski definition) is 0. The molecule has 0 saturated carbocycles. The van der Waals surface area contributed by atoms with Crippen LogP contribution >= 0.6 is 23.2 Å². The minimum atomic E-state index is -0.372. The van der Waals surface area contributed by atoms with E-state index in [0.717, 1.165) is 18.5 Å². The topological polar surface area (TPSA) is 40.6 Å². The fraction of sp³-hybridized carbons (Fsp3) is 0.300. The van der Waals surface area contributed by atoms with Crippen molar-refractivity contribution >= 4 is 46.4 Å². The summed E-state index contributed by atoms with van der Waals surface area (Å²) in [5.74, 6) is -0.465. The van der Waals surface area contributed by atoms with E-state index in [0.29, 0.717) is 28.8 Å². The van der Waals surface area contributed by atoms with Gasteiger partial charge in [-0.15, -0.1) is 0 Å². The van der Waals surface area contributed by atoms with Gasteiger partial charge in [-0.05, 0) is 36.6 Å². The molecule has 0 spiro atoms. The van der Waals surface area contributed by atoms with Crippen LogP contribution in [0.2, 0.25) is 10.0 Å². The Bertz CT molecular complexity index is 884. The summed E-state index contributed by atoms with van der Waals surface area (Å²) < 4.78 is 0. The Morgan fingerprint density at radius 2 is 1.81 bits per heavy atom. The Morgan fingerprint density at radius 3 is 2.65 bits per heavy atom. The summed E-state index contributed by atoms with van der Waals surface area (Å²) >= 11 is 12.3. The number of hydrogen-bond acceptors (Lipinski definition) is 2. The summed E-state index contributed by atoms with van der Waals surface area (Å²) in [7, 11) is 0. The van der Waals surface area contributed by atoms with E-state index in [1.807, 2.05) is 23.1 Å². The first-order chi connectivity index (χ1) is 12.6. The molecule has 26 heavy (non-hydrogen) atoms. The van der Waals surface area contributed by atoms with Crippen LogP contribution in [-0.2, 0) is 16.0 Å². The van der Waals surface area contributed by atoms with Gasteiger partial charge in [0.2, 0.25) is 11.8 Å². The fourth-order valence-corrected chi connectivity index (χ4v) is 4.19. The third kappa shape index (κ3) is 2.97. The summed E-state index contributed by atoms with van der Waals surface area (Å²) in [4.78, 5) is 29.1. The average molecular weight is 389 g/mol. The molecule has 2 aliphatic rings. The lowest BCUT2D eigenvalue weighted by molar-refractivity contribution is -0.124. The van der Waals surface area contributed by atoms with Gasteiger partial charge < -0.3 is 9.80 Å². The predicted molar refractivity (Wildman–Crippen MR) is 104 cm³/mol.